The number of carbonyl (C=O) groups is 1. The smallest absolute Gasteiger partial charge is 0.318 e. The van der Waals surface area contributed by atoms with E-state index in [4.69, 9.17) is 11.6 Å². The Morgan fingerprint density at radius 2 is 1.60 bits per heavy atom. The van der Waals surface area contributed by atoms with Crippen LogP contribution in [0.5, 0.6) is 0 Å². The summed E-state index contributed by atoms with van der Waals surface area (Å²) in [5.74, 6) is 1.65. The van der Waals surface area contributed by atoms with E-state index in [9.17, 15) is 4.79 Å². The first kappa shape index (κ1) is 23.1. The number of rotatable bonds is 6. The van der Waals surface area contributed by atoms with Crippen LogP contribution >= 0.6 is 11.6 Å². The second-order valence-corrected chi connectivity index (χ2v) is 9.31. The van der Waals surface area contributed by atoms with Crippen molar-refractivity contribution in [2.45, 2.75) is 38.4 Å². The van der Waals surface area contributed by atoms with E-state index in [1.54, 1.807) is 0 Å². The summed E-state index contributed by atoms with van der Waals surface area (Å²) < 4.78 is 2.10. The zero-order chi connectivity index (χ0) is 24.2. The lowest BCUT2D eigenvalue weighted by Crippen LogP contribution is -2.42. The molecule has 1 aliphatic heterocycles. The van der Waals surface area contributed by atoms with Gasteiger partial charge in [-0.05, 0) is 48.6 Å². The number of amides is 2. The van der Waals surface area contributed by atoms with Crippen LogP contribution in [0, 0.1) is 6.92 Å². The number of carbonyl (C=O) groups excluding carboxylic acids is 1. The van der Waals surface area contributed by atoms with Gasteiger partial charge in [0.1, 0.15) is 5.82 Å². The number of likely N-dealkylation sites (tertiary alicyclic amines) is 1. The van der Waals surface area contributed by atoms with Gasteiger partial charge in [-0.25, -0.2) is 4.79 Å². The van der Waals surface area contributed by atoms with Crippen LogP contribution in [-0.4, -0.2) is 32.2 Å². The van der Waals surface area contributed by atoms with Gasteiger partial charge in [0.25, 0.3) is 0 Å². The number of urea groups is 1. The number of hydrogen-bond acceptors (Lipinski definition) is 3. The zero-order valence-electron chi connectivity index (χ0n) is 19.6. The third kappa shape index (κ3) is 5.08. The number of nitrogens with one attached hydrogen (secondary N) is 1. The molecule has 0 aliphatic carbocycles. The van der Waals surface area contributed by atoms with Crippen LogP contribution < -0.4 is 5.32 Å². The molecular formula is C28H28ClN5O. The molecule has 1 aromatic heterocycles. The summed E-state index contributed by atoms with van der Waals surface area (Å²) >= 11 is 6.06. The normalized spacial score (nSPS) is 15.5. The molecule has 7 heteroatoms. The number of aromatic nitrogens is 3. The number of nitrogens with zero attached hydrogens (tertiary/aromatic N) is 4. The zero-order valence-corrected chi connectivity index (χ0v) is 20.4. The molecule has 0 bridgehead atoms. The highest BCUT2D eigenvalue weighted by molar-refractivity contribution is 6.30. The Balaban J connectivity index is 1.40. The van der Waals surface area contributed by atoms with E-state index in [2.05, 4.69) is 20.1 Å². The molecule has 2 amide bonds. The Labute approximate surface area is 210 Å². The first-order valence-corrected chi connectivity index (χ1v) is 12.3. The van der Waals surface area contributed by atoms with Gasteiger partial charge in [-0.1, -0.05) is 84.4 Å². The number of halogens is 1. The molecule has 178 valence electrons. The highest BCUT2D eigenvalue weighted by Gasteiger charge is 2.35. The fourth-order valence-corrected chi connectivity index (χ4v) is 4.87. The summed E-state index contributed by atoms with van der Waals surface area (Å²) in [6, 6.07) is 27.5. The van der Waals surface area contributed by atoms with E-state index in [0.717, 1.165) is 41.2 Å². The maximum absolute atomic E-state index is 13.6. The largest absolute Gasteiger partial charge is 0.327 e. The van der Waals surface area contributed by atoms with Gasteiger partial charge < -0.3 is 14.8 Å². The maximum atomic E-state index is 13.6. The molecule has 0 unspecified atom stereocenters. The minimum atomic E-state index is -0.236. The molecule has 6 nitrogen and oxygen atoms in total. The predicted octanol–water partition coefficient (Wildman–Crippen LogP) is 5.92. The topological polar surface area (TPSA) is 63.1 Å². The second kappa shape index (κ2) is 10.3. The number of aryl methyl sites for hydroxylation is 1. The summed E-state index contributed by atoms with van der Waals surface area (Å²) in [5, 5.41) is 12.9. The predicted molar refractivity (Wildman–Crippen MR) is 137 cm³/mol. The summed E-state index contributed by atoms with van der Waals surface area (Å²) in [7, 11) is 0. The van der Waals surface area contributed by atoms with Gasteiger partial charge in [0.15, 0.2) is 5.82 Å². The van der Waals surface area contributed by atoms with Crippen LogP contribution in [0.1, 0.15) is 53.3 Å². The summed E-state index contributed by atoms with van der Waals surface area (Å²) in [6.07, 6.45) is 1.78. The van der Waals surface area contributed by atoms with Gasteiger partial charge >= 0.3 is 6.03 Å². The van der Waals surface area contributed by atoms with Gasteiger partial charge in [-0.2, -0.15) is 0 Å². The molecule has 1 atom stereocenters. The molecule has 4 aromatic rings. The first-order valence-electron chi connectivity index (χ1n) is 11.9. The fourth-order valence-electron chi connectivity index (χ4n) is 4.75. The minimum Gasteiger partial charge on any atom is -0.327 e. The molecule has 1 saturated heterocycles. The number of benzene rings is 3. The third-order valence-electron chi connectivity index (χ3n) is 6.56. The van der Waals surface area contributed by atoms with E-state index >= 15 is 0 Å². The quantitative estimate of drug-likeness (QED) is 0.368. The van der Waals surface area contributed by atoms with Crippen molar-refractivity contribution in [2.75, 3.05) is 6.54 Å². The monoisotopic (exact) mass is 485 g/mol. The van der Waals surface area contributed by atoms with Gasteiger partial charge in [-0.15, -0.1) is 10.2 Å². The van der Waals surface area contributed by atoms with Crippen molar-refractivity contribution in [3.05, 3.63) is 118 Å². The molecule has 0 saturated carbocycles. The van der Waals surface area contributed by atoms with E-state index in [-0.39, 0.29) is 18.1 Å². The Hall–Kier alpha value is -3.64. The SMILES string of the molecule is Cc1nnc([C@H]2CCCN2C(=O)NC(c2ccccc2)c2ccccc2)n1Cc1ccc(Cl)cc1. The molecule has 1 N–H and O–H groups in total. The van der Waals surface area contributed by atoms with Crippen LogP contribution in [-0.2, 0) is 6.54 Å². The van der Waals surface area contributed by atoms with E-state index in [0.29, 0.717) is 18.1 Å². The van der Waals surface area contributed by atoms with Crippen molar-refractivity contribution in [2.24, 2.45) is 0 Å². The van der Waals surface area contributed by atoms with Crippen molar-refractivity contribution < 1.29 is 4.79 Å². The van der Waals surface area contributed by atoms with Crippen LogP contribution in [0.3, 0.4) is 0 Å². The Morgan fingerprint density at radius 3 is 2.23 bits per heavy atom. The van der Waals surface area contributed by atoms with Crippen LogP contribution in [0.2, 0.25) is 5.02 Å². The Kier molecular flexibility index (Phi) is 6.82. The molecule has 35 heavy (non-hydrogen) atoms. The van der Waals surface area contributed by atoms with Crippen LogP contribution in [0.25, 0.3) is 0 Å². The molecule has 1 aliphatic rings. The Bertz CT molecular complexity index is 1230. The summed E-state index contributed by atoms with van der Waals surface area (Å²) in [6.45, 7) is 3.26. The van der Waals surface area contributed by atoms with Crippen molar-refractivity contribution in [3.8, 4) is 0 Å². The standard InChI is InChI=1S/C28H28ClN5O/c1-20-31-32-27(34(20)19-21-14-16-24(29)17-15-21)25-13-8-18-33(25)28(35)30-26(22-9-4-2-5-10-22)23-11-6-3-7-12-23/h2-7,9-12,14-17,25-26H,8,13,18-19H2,1H3,(H,30,35)/t25-/m1/s1. The lowest BCUT2D eigenvalue weighted by Gasteiger charge is -2.28. The van der Waals surface area contributed by atoms with E-state index in [1.807, 2.05) is 96.8 Å². The van der Waals surface area contributed by atoms with Crippen molar-refractivity contribution >= 4 is 17.6 Å². The average Bonchev–Trinajstić information content (AvgIpc) is 3.52. The lowest BCUT2D eigenvalue weighted by atomic mass is 9.99. The summed E-state index contributed by atoms with van der Waals surface area (Å²) in [4.78, 5) is 15.5. The molecule has 3 aromatic carbocycles. The first-order chi connectivity index (χ1) is 17.1. The van der Waals surface area contributed by atoms with Crippen molar-refractivity contribution in [1.29, 1.82) is 0 Å². The lowest BCUT2D eigenvalue weighted by molar-refractivity contribution is 0.187. The van der Waals surface area contributed by atoms with Crippen LogP contribution in [0.15, 0.2) is 84.9 Å². The van der Waals surface area contributed by atoms with Gasteiger partial charge in [0, 0.05) is 11.6 Å². The van der Waals surface area contributed by atoms with Gasteiger partial charge in [-0.3, -0.25) is 0 Å². The third-order valence-corrected chi connectivity index (χ3v) is 6.82. The molecule has 2 heterocycles. The number of hydrogen-bond donors (Lipinski definition) is 1. The second-order valence-electron chi connectivity index (χ2n) is 8.87. The highest BCUT2D eigenvalue weighted by Crippen LogP contribution is 2.32. The van der Waals surface area contributed by atoms with E-state index < -0.39 is 0 Å². The summed E-state index contributed by atoms with van der Waals surface area (Å²) in [5.41, 5.74) is 3.20. The van der Waals surface area contributed by atoms with Gasteiger partial charge in [0.2, 0.25) is 0 Å². The highest BCUT2D eigenvalue weighted by atomic mass is 35.5. The molecule has 0 spiro atoms. The van der Waals surface area contributed by atoms with Gasteiger partial charge in [0.05, 0.1) is 18.6 Å². The maximum Gasteiger partial charge on any atom is 0.318 e. The fraction of sp³-hybridized carbons (Fsp3) is 0.250. The molecule has 0 radical (unpaired) electrons. The minimum absolute atomic E-state index is 0.0936. The molecule has 1 fully saturated rings. The van der Waals surface area contributed by atoms with Crippen LogP contribution in [0.4, 0.5) is 4.79 Å². The van der Waals surface area contributed by atoms with E-state index in [1.165, 1.54) is 0 Å². The molecular weight excluding hydrogens is 458 g/mol. The van der Waals surface area contributed by atoms with Crippen molar-refractivity contribution in [3.63, 3.8) is 0 Å². The average molecular weight is 486 g/mol. The van der Waals surface area contributed by atoms with Crippen molar-refractivity contribution in [1.82, 2.24) is 25.0 Å². The Morgan fingerprint density at radius 1 is 0.971 bits per heavy atom. The molecule has 5 rings (SSSR count).